The van der Waals surface area contributed by atoms with Crippen LogP contribution in [0.3, 0.4) is 0 Å². The van der Waals surface area contributed by atoms with Crippen LogP contribution in [0, 0.1) is 0 Å². The second kappa shape index (κ2) is 8.53. The summed E-state index contributed by atoms with van der Waals surface area (Å²) in [5.74, 6) is 0. The maximum Gasteiger partial charge on any atom is 0.0384 e. The van der Waals surface area contributed by atoms with Crippen LogP contribution in [0.1, 0.15) is 40.2 Å². The summed E-state index contributed by atoms with van der Waals surface area (Å²) in [6.07, 6.45) is 0. The van der Waals surface area contributed by atoms with E-state index < -0.39 is 0 Å². The second-order valence-corrected chi connectivity index (χ2v) is 6.90. The molecule has 1 nitrogen and oxygen atoms in total. The number of anilines is 2. The normalized spacial score (nSPS) is 10.6. The van der Waals surface area contributed by atoms with E-state index in [9.17, 15) is 0 Å². The molecule has 0 aliphatic heterocycles. The lowest BCUT2D eigenvalue weighted by Gasteiger charge is -2.19. The molecule has 0 aliphatic carbocycles. The molecule has 0 saturated carbocycles. The molecule has 0 aliphatic rings. The smallest absolute Gasteiger partial charge is 0.0384 e. The van der Waals surface area contributed by atoms with Gasteiger partial charge in [0.1, 0.15) is 0 Å². The monoisotopic (exact) mass is 331 g/mol. The van der Waals surface area contributed by atoms with E-state index in [1.54, 1.807) is 0 Å². The predicted octanol–water partition coefficient (Wildman–Crippen LogP) is 7.42. The first-order chi connectivity index (χ1) is 12.0. The van der Waals surface area contributed by atoms with Crippen molar-refractivity contribution in [3.63, 3.8) is 0 Å². The van der Waals surface area contributed by atoms with Crippen LogP contribution in [-0.4, -0.2) is 0 Å². The third kappa shape index (κ3) is 5.22. The summed E-state index contributed by atoms with van der Waals surface area (Å²) < 4.78 is 0. The van der Waals surface area contributed by atoms with Gasteiger partial charge in [0.25, 0.3) is 0 Å². The highest BCUT2D eigenvalue weighted by Gasteiger charge is 2.12. The fraction of sp³-hybridized carbons (Fsp3) is 0.250. The van der Waals surface area contributed by atoms with Gasteiger partial charge in [-0.1, -0.05) is 89.2 Å². The summed E-state index contributed by atoms with van der Waals surface area (Å²) in [7, 11) is 0. The molecule has 1 N–H and O–H groups in total. The van der Waals surface area contributed by atoms with Crippen LogP contribution in [0.2, 0.25) is 0 Å². The number of hydrogen-bond acceptors (Lipinski definition) is 1. The molecule has 0 radical (unpaired) electrons. The Balaban J connectivity index is 0.00000109. The molecule has 0 heterocycles. The lowest BCUT2D eigenvalue weighted by Crippen LogP contribution is -2.10. The largest absolute Gasteiger partial charge is 0.356 e. The molecule has 25 heavy (non-hydrogen) atoms. The van der Waals surface area contributed by atoms with Crippen LogP contribution in [-0.2, 0) is 5.41 Å². The summed E-state index contributed by atoms with van der Waals surface area (Å²) >= 11 is 0. The summed E-state index contributed by atoms with van der Waals surface area (Å²) in [4.78, 5) is 0. The fourth-order valence-electron chi connectivity index (χ4n) is 2.60. The van der Waals surface area contributed by atoms with Crippen LogP contribution in [0.5, 0.6) is 0 Å². The van der Waals surface area contributed by atoms with E-state index in [1.165, 1.54) is 16.7 Å². The molecule has 0 unspecified atom stereocenters. The van der Waals surface area contributed by atoms with Gasteiger partial charge in [0.15, 0.2) is 0 Å². The van der Waals surface area contributed by atoms with Crippen LogP contribution >= 0.6 is 0 Å². The highest BCUT2D eigenvalue weighted by atomic mass is 14.9. The molecule has 0 atom stereocenters. The van der Waals surface area contributed by atoms with Crippen molar-refractivity contribution in [1.29, 1.82) is 0 Å². The first kappa shape index (κ1) is 18.8. The maximum atomic E-state index is 3.46. The fourth-order valence-corrected chi connectivity index (χ4v) is 2.60. The minimum Gasteiger partial charge on any atom is -0.356 e. The zero-order valence-corrected chi connectivity index (χ0v) is 16.0. The van der Waals surface area contributed by atoms with Gasteiger partial charge in [-0.15, -0.1) is 0 Å². The van der Waals surface area contributed by atoms with Crippen LogP contribution in [0.25, 0.3) is 11.1 Å². The molecule has 0 aromatic heterocycles. The van der Waals surface area contributed by atoms with E-state index >= 15 is 0 Å². The van der Waals surface area contributed by atoms with Crippen molar-refractivity contribution in [1.82, 2.24) is 0 Å². The maximum absolute atomic E-state index is 3.46. The number of nitrogens with one attached hydrogen (secondary N) is 1. The molecule has 3 rings (SSSR count). The minimum atomic E-state index is 0.190. The summed E-state index contributed by atoms with van der Waals surface area (Å²) in [6.45, 7) is 10.7. The van der Waals surface area contributed by atoms with E-state index in [0.29, 0.717) is 0 Å². The van der Waals surface area contributed by atoms with Crippen LogP contribution < -0.4 is 5.32 Å². The Morgan fingerprint density at radius 2 is 1.00 bits per heavy atom. The summed E-state index contributed by atoms with van der Waals surface area (Å²) in [6, 6.07) is 27.7. The Morgan fingerprint density at radius 3 is 1.48 bits per heavy atom. The average molecular weight is 332 g/mol. The van der Waals surface area contributed by atoms with Gasteiger partial charge in [-0.2, -0.15) is 0 Å². The Labute approximate surface area is 152 Å². The molecular weight excluding hydrogens is 302 g/mol. The molecule has 130 valence electrons. The van der Waals surface area contributed by atoms with Gasteiger partial charge in [-0.25, -0.2) is 0 Å². The van der Waals surface area contributed by atoms with E-state index in [0.717, 1.165) is 11.4 Å². The van der Waals surface area contributed by atoms with Gasteiger partial charge < -0.3 is 5.32 Å². The zero-order chi connectivity index (χ0) is 18.3. The van der Waals surface area contributed by atoms with Crippen molar-refractivity contribution < 1.29 is 0 Å². The third-order valence-electron chi connectivity index (χ3n) is 4.03. The Morgan fingerprint density at radius 1 is 0.560 bits per heavy atom. The highest BCUT2D eigenvalue weighted by molar-refractivity contribution is 5.68. The minimum absolute atomic E-state index is 0.190. The van der Waals surface area contributed by atoms with Crippen molar-refractivity contribution in [2.75, 3.05) is 5.32 Å². The van der Waals surface area contributed by atoms with Gasteiger partial charge in [-0.05, 0) is 46.4 Å². The van der Waals surface area contributed by atoms with Crippen LogP contribution in [0.4, 0.5) is 11.4 Å². The molecule has 0 saturated heterocycles. The second-order valence-electron chi connectivity index (χ2n) is 6.90. The average Bonchev–Trinajstić information content (AvgIpc) is 2.64. The van der Waals surface area contributed by atoms with E-state index in [4.69, 9.17) is 0 Å². The van der Waals surface area contributed by atoms with Crippen molar-refractivity contribution in [3.05, 3.63) is 84.4 Å². The topological polar surface area (TPSA) is 12.0 Å². The van der Waals surface area contributed by atoms with Gasteiger partial charge in [0.2, 0.25) is 0 Å². The van der Waals surface area contributed by atoms with Crippen molar-refractivity contribution in [3.8, 4) is 11.1 Å². The molecule has 1 heteroatoms. The van der Waals surface area contributed by atoms with Crippen molar-refractivity contribution in [2.24, 2.45) is 0 Å². The van der Waals surface area contributed by atoms with Gasteiger partial charge >= 0.3 is 0 Å². The molecular formula is C24H29N. The van der Waals surface area contributed by atoms with Gasteiger partial charge in [0.05, 0.1) is 0 Å². The Kier molecular flexibility index (Phi) is 6.41. The first-order valence-electron chi connectivity index (χ1n) is 9.05. The molecule has 0 amide bonds. The summed E-state index contributed by atoms with van der Waals surface area (Å²) in [5, 5.41) is 3.46. The molecule has 3 aromatic carbocycles. The van der Waals surface area contributed by atoms with E-state index in [2.05, 4.69) is 98.9 Å². The Hall–Kier alpha value is -2.54. The number of benzene rings is 3. The number of hydrogen-bond donors (Lipinski definition) is 1. The lowest BCUT2D eigenvalue weighted by molar-refractivity contribution is 0.590. The number of rotatable bonds is 3. The molecule has 0 bridgehead atoms. The summed E-state index contributed by atoms with van der Waals surface area (Å²) in [5.41, 5.74) is 6.24. The molecule has 3 aromatic rings. The SMILES string of the molecule is CC.CC(C)(C)c1ccc(Nc2ccc(-c3ccccc3)cc2)cc1. The van der Waals surface area contributed by atoms with E-state index in [-0.39, 0.29) is 5.41 Å². The van der Waals surface area contributed by atoms with Crippen LogP contribution in [0.15, 0.2) is 78.9 Å². The first-order valence-corrected chi connectivity index (χ1v) is 9.05. The zero-order valence-electron chi connectivity index (χ0n) is 16.0. The Bertz CT molecular complexity index is 748. The molecule has 0 spiro atoms. The highest BCUT2D eigenvalue weighted by Crippen LogP contribution is 2.26. The molecule has 0 fully saturated rings. The van der Waals surface area contributed by atoms with Gasteiger partial charge in [-0.3, -0.25) is 0 Å². The van der Waals surface area contributed by atoms with Crippen molar-refractivity contribution >= 4 is 11.4 Å². The standard InChI is InChI=1S/C22H23N.C2H6/c1-22(2,3)19-11-15-21(16-12-19)23-20-13-9-18(10-14-20)17-7-5-4-6-8-17;1-2/h4-16,23H,1-3H3;1-2H3. The quantitative estimate of drug-likeness (QED) is 0.526. The van der Waals surface area contributed by atoms with Gasteiger partial charge in [0, 0.05) is 11.4 Å². The lowest BCUT2D eigenvalue weighted by atomic mass is 9.87. The third-order valence-corrected chi connectivity index (χ3v) is 4.03. The van der Waals surface area contributed by atoms with E-state index in [1.807, 2.05) is 19.9 Å². The van der Waals surface area contributed by atoms with Crippen molar-refractivity contribution in [2.45, 2.75) is 40.0 Å². The predicted molar refractivity (Wildman–Crippen MR) is 112 cm³/mol.